The molecule has 0 radical (unpaired) electrons. The van der Waals surface area contributed by atoms with Crippen LogP contribution in [0, 0.1) is 6.92 Å². The lowest BCUT2D eigenvalue weighted by molar-refractivity contribution is 0.102. The van der Waals surface area contributed by atoms with Gasteiger partial charge in [-0.3, -0.25) is 4.79 Å². The summed E-state index contributed by atoms with van der Waals surface area (Å²) < 4.78 is 1.51. The van der Waals surface area contributed by atoms with E-state index in [0.29, 0.717) is 23.3 Å². The van der Waals surface area contributed by atoms with Crippen LogP contribution >= 0.6 is 0 Å². The Morgan fingerprint density at radius 3 is 2.61 bits per heavy atom. The van der Waals surface area contributed by atoms with Crippen molar-refractivity contribution in [3.63, 3.8) is 0 Å². The van der Waals surface area contributed by atoms with E-state index < -0.39 is 0 Å². The zero-order valence-corrected chi connectivity index (χ0v) is 16.8. The number of hydrogen-bond acceptors (Lipinski definition) is 5. The van der Waals surface area contributed by atoms with Crippen LogP contribution in [0.2, 0.25) is 0 Å². The molecule has 2 aromatic heterocycles. The third-order valence-electron chi connectivity index (χ3n) is 4.67. The van der Waals surface area contributed by atoms with E-state index in [2.05, 4.69) is 26.0 Å². The molecule has 0 unspecified atom stereocenters. The van der Waals surface area contributed by atoms with Gasteiger partial charge in [0.2, 0.25) is 0 Å². The van der Waals surface area contributed by atoms with Crippen LogP contribution in [0.5, 0.6) is 0 Å². The highest BCUT2D eigenvalue weighted by molar-refractivity contribution is 6.10. The Bertz CT molecular complexity index is 1250. The van der Waals surface area contributed by atoms with Gasteiger partial charge in [-0.05, 0) is 48.4 Å². The van der Waals surface area contributed by atoms with Crippen molar-refractivity contribution in [1.82, 2.24) is 19.9 Å². The maximum Gasteiger partial charge on any atom is 0.319 e. The standard InChI is InChI=1S/C22H21N7O2/c1-14-3-2-4-17(11-14)28-22(31)24-12-15-5-7-16(8-6-15)27-21(30)18-9-10-29-19(18)20(23)25-13-26-29/h2-11,13H,12H2,1H3,(H,27,30)(H2,23,25,26)(H2,24,28,31). The van der Waals surface area contributed by atoms with Crippen LogP contribution in [-0.4, -0.2) is 26.5 Å². The van der Waals surface area contributed by atoms with Gasteiger partial charge in [-0.25, -0.2) is 14.3 Å². The monoisotopic (exact) mass is 415 g/mol. The molecule has 0 fully saturated rings. The average molecular weight is 415 g/mol. The highest BCUT2D eigenvalue weighted by atomic mass is 16.2. The van der Waals surface area contributed by atoms with E-state index >= 15 is 0 Å². The smallest absolute Gasteiger partial charge is 0.319 e. The summed E-state index contributed by atoms with van der Waals surface area (Å²) in [6.07, 6.45) is 2.98. The third kappa shape index (κ3) is 4.61. The van der Waals surface area contributed by atoms with Gasteiger partial charge in [0.1, 0.15) is 11.8 Å². The van der Waals surface area contributed by atoms with Gasteiger partial charge in [-0.2, -0.15) is 5.10 Å². The van der Waals surface area contributed by atoms with Crippen LogP contribution in [0.15, 0.2) is 67.1 Å². The normalized spacial score (nSPS) is 10.6. The van der Waals surface area contributed by atoms with Gasteiger partial charge in [0.25, 0.3) is 5.91 Å². The number of aryl methyl sites for hydroxylation is 1. The summed E-state index contributed by atoms with van der Waals surface area (Å²) in [7, 11) is 0. The quantitative estimate of drug-likeness (QED) is 0.398. The molecule has 5 N–H and O–H groups in total. The summed E-state index contributed by atoms with van der Waals surface area (Å²) >= 11 is 0. The molecule has 0 aliphatic carbocycles. The molecule has 9 heteroatoms. The topological polar surface area (TPSA) is 126 Å². The highest BCUT2D eigenvalue weighted by Gasteiger charge is 2.15. The molecule has 2 heterocycles. The van der Waals surface area contributed by atoms with Crippen LogP contribution < -0.4 is 21.7 Å². The molecule has 3 amide bonds. The van der Waals surface area contributed by atoms with E-state index in [-0.39, 0.29) is 17.8 Å². The summed E-state index contributed by atoms with van der Waals surface area (Å²) in [6.45, 7) is 2.31. The average Bonchev–Trinajstić information content (AvgIpc) is 3.19. The van der Waals surface area contributed by atoms with Crippen LogP contribution in [0.1, 0.15) is 21.5 Å². The summed E-state index contributed by atoms with van der Waals surface area (Å²) in [5.74, 6) is -0.0806. The largest absolute Gasteiger partial charge is 0.382 e. The first kappa shape index (κ1) is 19.9. The third-order valence-corrected chi connectivity index (χ3v) is 4.67. The zero-order valence-electron chi connectivity index (χ0n) is 16.8. The summed E-state index contributed by atoms with van der Waals surface area (Å²) in [6, 6.07) is 16.1. The Morgan fingerprint density at radius 1 is 1.03 bits per heavy atom. The van der Waals surface area contributed by atoms with E-state index in [1.54, 1.807) is 24.4 Å². The number of nitrogens with two attached hydrogens (primary N) is 1. The number of carbonyl (C=O) groups is 2. The number of benzene rings is 2. The molecule has 4 aromatic rings. The van der Waals surface area contributed by atoms with Crippen molar-refractivity contribution in [2.24, 2.45) is 0 Å². The SMILES string of the molecule is Cc1cccc(NC(=O)NCc2ccc(NC(=O)c3ccn4ncnc(N)c34)cc2)c1. The number of urea groups is 1. The number of anilines is 3. The number of nitrogens with zero attached hydrogens (tertiary/aromatic N) is 3. The second kappa shape index (κ2) is 8.54. The number of amides is 3. The Kier molecular flexibility index (Phi) is 5.48. The number of hydrogen-bond donors (Lipinski definition) is 4. The van der Waals surface area contributed by atoms with Gasteiger partial charge in [-0.15, -0.1) is 0 Å². The minimum Gasteiger partial charge on any atom is -0.382 e. The predicted octanol–water partition coefficient (Wildman–Crippen LogP) is 3.19. The molecule has 0 aliphatic rings. The van der Waals surface area contributed by atoms with Crippen molar-refractivity contribution in [3.05, 3.63) is 83.8 Å². The molecule has 0 saturated heterocycles. The first-order valence-corrected chi connectivity index (χ1v) is 9.59. The summed E-state index contributed by atoms with van der Waals surface area (Å²) in [4.78, 5) is 28.6. The van der Waals surface area contributed by atoms with Crippen LogP contribution in [0.3, 0.4) is 0 Å². The first-order chi connectivity index (χ1) is 15.0. The Hall–Kier alpha value is -4.40. The molecular weight excluding hydrogens is 394 g/mol. The number of carbonyl (C=O) groups excluding carboxylic acids is 2. The molecule has 9 nitrogen and oxygen atoms in total. The minimum atomic E-state index is -0.313. The molecule has 2 aromatic carbocycles. The van der Waals surface area contributed by atoms with Crippen LogP contribution in [0.25, 0.3) is 5.52 Å². The van der Waals surface area contributed by atoms with E-state index in [9.17, 15) is 9.59 Å². The van der Waals surface area contributed by atoms with E-state index in [0.717, 1.165) is 16.8 Å². The van der Waals surface area contributed by atoms with Crippen molar-refractivity contribution in [3.8, 4) is 0 Å². The second-order valence-electron chi connectivity index (χ2n) is 7.00. The van der Waals surface area contributed by atoms with Gasteiger partial charge in [-0.1, -0.05) is 24.3 Å². The fraction of sp³-hybridized carbons (Fsp3) is 0.0909. The lowest BCUT2D eigenvalue weighted by Gasteiger charge is -2.09. The first-order valence-electron chi connectivity index (χ1n) is 9.59. The number of nitrogens with one attached hydrogen (secondary N) is 3. The minimum absolute atomic E-state index is 0.232. The van der Waals surface area contributed by atoms with Gasteiger partial charge in [0, 0.05) is 24.1 Å². The van der Waals surface area contributed by atoms with Crippen molar-refractivity contribution in [1.29, 1.82) is 0 Å². The van der Waals surface area contributed by atoms with Crippen LogP contribution in [0.4, 0.5) is 22.0 Å². The molecule has 0 bridgehead atoms. The molecule has 0 aliphatic heterocycles. The zero-order chi connectivity index (χ0) is 21.8. The van der Waals surface area contributed by atoms with Gasteiger partial charge >= 0.3 is 6.03 Å². The summed E-state index contributed by atoms with van der Waals surface area (Å²) in [5.41, 5.74) is 10.0. The van der Waals surface area contributed by atoms with Crippen LogP contribution in [-0.2, 0) is 6.54 Å². The highest BCUT2D eigenvalue weighted by Crippen LogP contribution is 2.18. The Balaban J connectivity index is 1.34. The van der Waals surface area contributed by atoms with E-state index in [1.165, 1.54) is 10.8 Å². The number of fused-ring (bicyclic) bond motifs is 1. The molecule has 31 heavy (non-hydrogen) atoms. The van der Waals surface area contributed by atoms with E-state index in [4.69, 9.17) is 5.73 Å². The molecule has 0 atom stereocenters. The maximum absolute atomic E-state index is 12.6. The predicted molar refractivity (Wildman–Crippen MR) is 119 cm³/mol. The van der Waals surface area contributed by atoms with Crippen molar-refractivity contribution < 1.29 is 9.59 Å². The lowest BCUT2D eigenvalue weighted by Crippen LogP contribution is -2.28. The van der Waals surface area contributed by atoms with Gasteiger partial charge in [0.15, 0.2) is 5.82 Å². The molecule has 4 rings (SSSR count). The Morgan fingerprint density at radius 2 is 1.84 bits per heavy atom. The Labute approximate surface area is 178 Å². The molecule has 0 saturated carbocycles. The summed E-state index contributed by atoms with van der Waals surface area (Å²) in [5, 5.41) is 12.5. The lowest BCUT2D eigenvalue weighted by atomic mass is 10.2. The molecule has 156 valence electrons. The number of rotatable bonds is 5. The second-order valence-corrected chi connectivity index (χ2v) is 7.00. The van der Waals surface area contributed by atoms with Crippen molar-refractivity contribution >= 4 is 34.6 Å². The molecule has 0 spiro atoms. The maximum atomic E-state index is 12.6. The van der Waals surface area contributed by atoms with E-state index in [1.807, 2.05) is 43.3 Å². The van der Waals surface area contributed by atoms with Gasteiger partial charge < -0.3 is 21.7 Å². The van der Waals surface area contributed by atoms with Gasteiger partial charge in [0.05, 0.1) is 5.56 Å². The fourth-order valence-electron chi connectivity index (χ4n) is 3.15. The number of aromatic nitrogens is 3. The fourth-order valence-corrected chi connectivity index (χ4v) is 3.15. The number of nitrogen functional groups attached to an aromatic ring is 1. The van der Waals surface area contributed by atoms with Crippen molar-refractivity contribution in [2.45, 2.75) is 13.5 Å². The van der Waals surface area contributed by atoms with Crippen molar-refractivity contribution in [2.75, 3.05) is 16.4 Å². The molecular formula is C22H21N7O2.